The van der Waals surface area contributed by atoms with Crippen LogP contribution in [0, 0.1) is 5.92 Å². The molecular formula is C19H30N2. The molecule has 1 unspecified atom stereocenters. The van der Waals surface area contributed by atoms with Crippen molar-refractivity contribution < 1.29 is 0 Å². The Kier molecular flexibility index (Phi) is 4.97. The second kappa shape index (κ2) is 6.93. The Bertz CT molecular complexity index is 447. The molecule has 1 aromatic rings. The topological polar surface area (TPSA) is 15.3 Å². The number of nitrogens with zero attached hydrogens (tertiary/aromatic N) is 1. The SMILES string of the molecule is CC(C)CN1CCC(NC2CCCc3ccccc32)CC1. The van der Waals surface area contributed by atoms with Gasteiger partial charge in [-0.1, -0.05) is 38.1 Å². The summed E-state index contributed by atoms with van der Waals surface area (Å²) in [5.41, 5.74) is 3.13. The van der Waals surface area contributed by atoms with Crippen molar-refractivity contribution in [3.63, 3.8) is 0 Å². The zero-order chi connectivity index (χ0) is 14.7. The molecule has 1 N–H and O–H groups in total. The highest BCUT2D eigenvalue weighted by Gasteiger charge is 2.25. The molecule has 1 aromatic carbocycles. The lowest BCUT2D eigenvalue weighted by molar-refractivity contribution is 0.172. The maximum atomic E-state index is 3.96. The van der Waals surface area contributed by atoms with E-state index in [9.17, 15) is 0 Å². The molecular weight excluding hydrogens is 256 g/mol. The molecule has 2 heteroatoms. The minimum Gasteiger partial charge on any atom is -0.307 e. The maximum absolute atomic E-state index is 3.96. The van der Waals surface area contributed by atoms with Crippen LogP contribution < -0.4 is 5.32 Å². The normalized spacial score (nSPS) is 24.2. The zero-order valence-electron chi connectivity index (χ0n) is 13.6. The Morgan fingerprint density at radius 2 is 1.90 bits per heavy atom. The third-order valence-corrected chi connectivity index (χ3v) is 5.02. The number of fused-ring (bicyclic) bond motifs is 1. The van der Waals surface area contributed by atoms with Crippen LogP contribution in [-0.2, 0) is 6.42 Å². The highest BCUT2D eigenvalue weighted by Crippen LogP contribution is 2.30. The predicted molar refractivity (Wildman–Crippen MR) is 89.6 cm³/mol. The molecule has 0 amide bonds. The van der Waals surface area contributed by atoms with Gasteiger partial charge in [-0.15, -0.1) is 0 Å². The Labute approximate surface area is 129 Å². The van der Waals surface area contributed by atoms with Crippen LogP contribution >= 0.6 is 0 Å². The first kappa shape index (κ1) is 15.1. The van der Waals surface area contributed by atoms with Gasteiger partial charge in [-0.2, -0.15) is 0 Å². The van der Waals surface area contributed by atoms with Crippen LogP contribution in [0.25, 0.3) is 0 Å². The zero-order valence-corrected chi connectivity index (χ0v) is 13.6. The van der Waals surface area contributed by atoms with Gasteiger partial charge in [0.2, 0.25) is 0 Å². The van der Waals surface area contributed by atoms with E-state index in [4.69, 9.17) is 0 Å². The van der Waals surface area contributed by atoms with Crippen LogP contribution in [0.2, 0.25) is 0 Å². The number of nitrogens with one attached hydrogen (secondary N) is 1. The van der Waals surface area contributed by atoms with Crippen molar-refractivity contribution >= 4 is 0 Å². The first-order valence-electron chi connectivity index (χ1n) is 8.78. The fourth-order valence-corrected chi connectivity index (χ4v) is 4.01. The highest BCUT2D eigenvalue weighted by atomic mass is 15.1. The van der Waals surface area contributed by atoms with Gasteiger partial charge < -0.3 is 10.2 Å². The lowest BCUT2D eigenvalue weighted by Crippen LogP contribution is -2.45. The molecule has 1 fully saturated rings. The van der Waals surface area contributed by atoms with Crippen molar-refractivity contribution in [1.29, 1.82) is 0 Å². The van der Waals surface area contributed by atoms with E-state index in [0.29, 0.717) is 12.1 Å². The van der Waals surface area contributed by atoms with Gasteiger partial charge in [0, 0.05) is 18.6 Å². The van der Waals surface area contributed by atoms with Gasteiger partial charge in [-0.05, 0) is 62.2 Å². The summed E-state index contributed by atoms with van der Waals surface area (Å²) in [4.78, 5) is 2.64. The number of aryl methyl sites for hydroxylation is 1. The molecule has 21 heavy (non-hydrogen) atoms. The minimum absolute atomic E-state index is 0.594. The average Bonchev–Trinajstić information content (AvgIpc) is 2.49. The summed E-state index contributed by atoms with van der Waals surface area (Å²) in [5.74, 6) is 0.791. The fraction of sp³-hybridized carbons (Fsp3) is 0.684. The van der Waals surface area contributed by atoms with Gasteiger partial charge in [-0.3, -0.25) is 0 Å². The van der Waals surface area contributed by atoms with Crippen LogP contribution in [0.15, 0.2) is 24.3 Å². The lowest BCUT2D eigenvalue weighted by Gasteiger charge is -2.36. The summed E-state index contributed by atoms with van der Waals surface area (Å²) in [5, 5.41) is 3.96. The Morgan fingerprint density at radius 1 is 1.14 bits per heavy atom. The number of benzene rings is 1. The van der Waals surface area contributed by atoms with Crippen LogP contribution in [0.3, 0.4) is 0 Å². The van der Waals surface area contributed by atoms with E-state index in [2.05, 4.69) is 48.3 Å². The summed E-state index contributed by atoms with van der Waals surface area (Å²) >= 11 is 0. The minimum atomic E-state index is 0.594. The predicted octanol–water partition coefficient (Wildman–Crippen LogP) is 3.77. The van der Waals surface area contributed by atoms with Crippen LogP contribution in [0.4, 0.5) is 0 Å². The summed E-state index contributed by atoms with van der Waals surface area (Å²) in [6.07, 6.45) is 6.53. The third-order valence-electron chi connectivity index (χ3n) is 5.02. The fourth-order valence-electron chi connectivity index (χ4n) is 4.01. The molecule has 1 heterocycles. The lowest BCUT2D eigenvalue weighted by atomic mass is 9.87. The molecule has 2 nitrogen and oxygen atoms in total. The monoisotopic (exact) mass is 286 g/mol. The number of piperidine rings is 1. The average molecular weight is 286 g/mol. The molecule has 2 aliphatic rings. The van der Waals surface area contributed by atoms with E-state index in [-0.39, 0.29) is 0 Å². The van der Waals surface area contributed by atoms with Crippen molar-refractivity contribution in [3.8, 4) is 0 Å². The molecule has 116 valence electrons. The van der Waals surface area contributed by atoms with E-state index in [0.717, 1.165) is 5.92 Å². The van der Waals surface area contributed by atoms with Crippen LogP contribution in [-0.4, -0.2) is 30.6 Å². The van der Waals surface area contributed by atoms with E-state index in [1.807, 2.05) is 0 Å². The molecule has 1 aliphatic carbocycles. The van der Waals surface area contributed by atoms with Crippen molar-refractivity contribution in [3.05, 3.63) is 35.4 Å². The Balaban J connectivity index is 1.54. The summed E-state index contributed by atoms with van der Waals surface area (Å²) in [7, 11) is 0. The van der Waals surface area contributed by atoms with E-state index >= 15 is 0 Å². The second-order valence-corrected chi connectivity index (χ2v) is 7.28. The van der Waals surface area contributed by atoms with E-state index < -0.39 is 0 Å². The standard InChI is InChI=1S/C19H30N2/c1-15(2)14-21-12-10-17(11-13-21)20-19-9-5-7-16-6-3-4-8-18(16)19/h3-4,6,8,15,17,19-20H,5,7,9-14H2,1-2H3. The largest absolute Gasteiger partial charge is 0.307 e. The third kappa shape index (κ3) is 3.87. The maximum Gasteiger partial charge on any atom is 0.0325 e. The molecule has 0 aromatic heterocycles. The van der Waals surface area contributed by atoms with Crippen molar-refractivity contribution in [2.24, 2.45) is 5.92 Å². The second-order valence-electron chi connectivity index (χ2n) is 7.28. The quantitative estimate of drug-likeness (QED) is 0.906. The molecule has 1 saturated heterocycles. The molecule has 1 atom stereocenters. The van der Waals surface area contributed by atoms with Gasteiger partial charge in [0.05, 0.1) is 0 Å². The molecule has 1 aliphatic heterocycles. The van der Waals surface area contributed by atoms with E-state index in [1.54, 1.807) is 11.1 Å². The number of hydrogen-bond donors (Lipinski definition) is 1. The first-order valence-corrected chi connectivity index (χ1v) is 8.78. The smallest absolute Gasteiger partial charge is 0.0325 e. The number of hydrogen-bond acceptors (Lipinski definition) is 2. The highest BCUT2D eigenvalue weighted by molar-refractivity contribution is 5.32. The summed E-state index contributed by atoms with van der Waals surface area (Å²) in [6.45, 7) is 8.44. The summed E-state index contributed by atoms with van der Waals surface area (Å²) < 4.78 is 0. The van der Waals surface area contributed by atoms with Crippen LogP contribution in [0.5, 0.6) is 0 Å². The van der Waals surface area contributed by atoms with Gasteiger partial charge in [0.15, 0.2) is 0 Å². The summed E-state index contributed by atoms with van der Waals surface area (Å²) in [6, 6.07) is 10.3. The Morgan fingerprint density at radius 3 is 2.67 bits per heavy atom. The van der Waals surface area contributed by atoms with Crippen LogP contribution in [0.1, 0.15) is 56.7 Å². The number of likely N-dealkylation sites (tertiary alicyclic amines) is 1. The van der Waals surface area contributed by atoms with Crippen molar-refractivity contribution in [1.82, 2.24) is 10.2 Å². The van der Waals surface area contributed by atoms with E-state index in [1.165, 1.54) is 51.7 Å². The number of rotatable bonds is 4. The molecule has 0 radical (unpaired) electrons. The van der Waals surface area contributed by atoms with Gasteiger partial charge >= 0.3 is 0 Å². The molecule has 3 rings (SSSR count). The van der Waals surface area contributed by atoms with Gasteiger partial charge in [0.25, 0.3) is 0 Å². The first-order chi connectivity index (χ1) is 10.2. The van der Waals surface area contributed by atoms with Gasteiger partial charge in [0.1, 0.15) is 0 Å². The molecule has 0 saturated carbocycles. The Hall–Kier alpha value is -0.860. The van der Waals surface area contributed by atoms with Gasteiger partial charge in [-0.25, -0.2) is 0 Å². The van der Waals surface area contributed by atoms with Crippen molar-refractivity contribution in [2.45, 2.75) is 58.0 Å². The van der Waals surface area contributed by atoms with Crippen molar-refractivity contribution in [2.75, 3.05) is 19.6 Å². The molecule has 0 bridgehead atoms. The molecule has 0 spiro atoms.